The first-order valence-corrected chi connectivity index (χ1v) is 6.15. The smallest absolute Gasteiger partial charge is 0.306 e. The molecule has 3 aliphatic carbocycles. The van der Waals surface area contributed by atoms with Crippen molar-refractivity contribution in [2.75, 3.05) is 0 Å². The quantitative estimate of drug-likeness (QED) is 0.776. The lowest BCUT2D eigenvalue weighted by atomic mass is 9.45. The van der Waals surface area contributed by atoms with Crippen molar-refractivity contribution in [3.05, 3.63) is 0 Å². The number of hydrogen-bond donors (Lipinski definition) is 1. The van der Waals surface area contributed by atoms with Crippen molar-refractivity contribution in [2.24, 2.45) is 29.1 Å². The van der Waals surface area contributed by atoms with Crippen molar-refractivity contribution < 1.29 is 9.90 Å². The Labute approximate surface area is 92.1 Å². The third-order valence-corrected chi connectivity index (χ3v) is 5.08. The molecule has 3 saturated carbocycles. The Morgan fingerprint density at radius 3 is 2.60 bits per heavy atom. The Morgan fingerprint density at radius 2 is 2.13 bits per heavy atom. The molecule has 3 fully saturated rings. The summed E-state index contributed by atoms with van der Waals surface area (Å²) in [4.78, 5) is 10.9. The molecule has 0 heterocycles. The van der Waals surface area contributed by atoms with E-state index in [0.29, 0.717) is 11.3 Å². The lowest BCUT2D eigenvalue weighted by Gasteiger charge is -2.60. The molecule has 1 unspecified atom stereocenters. The highest BCUT2D eigenvalue weighted by Crippen LogP contribution is 2.62. The van der Waals surface area contributed by atoms with Gasteiger partial charge in [-0.2, -0.15) is 0 Å². The van der Waals surface area contributed by atoms with Crippen LogP contribution in [0.25, 0.3) is 0 Å². The highest BCUT2D eigenvalue weighted by molar-refractivity contribution is 5.69. The zero-order valence-electron chi connectivity index (χ0n) is 9.99. The third kappa shape index (κ3) is 1.68. The molecule has 0 aromatic carbocycles. The van der Waals surface area contributed by atoms with Crippen LogP contribution in [0.2, 0.25) is 0 Å². The van der Waals surface area contributed by atoms with Crippen LogP contribution in [0.4, 0.5) is 0 Å². The van der Waals surface area contributed by atoms with Gasteiger partial charge in [-0.1, -0.05) is 20.8 Å². The number of fused-ring (bicyclic) bond motifs is 2. The predicted octanol–water partition coefficient (Wildman–Crippen LogP) is 3.17. The van der Waals surface area contributed by atoms with Crippen LogP contribution in [0.15, 0.2) is 0 Å². The Balaban J connectivity index is 1.97. The van der Waals surface area contributed by atoms with Crippen molar-refractivity contribution in [1.82, 2.24) is 0 Å². The zero-order valence-corrected chi connectivity index (χ0v) is 9.99. The summed E-state index contributed by atoms with van der Waals surface area (Å²) in [7, 11) is 0. The van der Waals surface area contributed by atoms with Gasteiger partial charge >= 0.3 is 5.97 Å². The van der Waals surface area contributed by atoms with Crippen LogP contribution in [0.1, 0.15) is 46.5 Å². The number of carboxylic acid groups (broad SMARTS) is 1. The standard InChI is InChI=1S/C13H22O2/c1-8(12(14)15)6-9-4-5-10-7-11(9)13(10,2)3/h8-11H,4-7H2,1-3H3,(H,14,15)/t8?,9-,10-,11-/m1/s1. The van der Waals surface area contributed by atoms with E-state index in [1.807, 2.05) is 6.92 Å². The first-order chi connectivity index (χ1) is 6.93. The van der Waals surface area contributed by atoms with Crippen LogP contribution >= 0.6 is 0 Å². The van der Waals surface area contributed by atoms with Crippen molar-refractivity contribution in [1.29, 1.82) is 0 Å². The molecule has 2 bridgehead atoms. The molecule has 0 saturated heterocycles. The van der Waals surface area contributed by atoms with Gasteiger partial charge in [0.1, 0.15) is 0 Å². The van der Waals surface area contributed by atoms with Gasteiger partial charge in [-0.25, -0.2) is 0 Å². The summed E-state index contributed by atoms with van der Waals surface area (Å²) in [6.07, 6.45) is 4.82. The molecule has 86 valence electrons. The summed E-state index contributed by atoms with van der Waals surface area (Å²) in [5, 5.41) is 8.94. The van der Waals surface area contributed by atoms with E-state index >= 15 is 0 Å². The molecule has 1 N–H and O–H groups in total. The normalized spacial score (nSPS) is 39.3. The van der Waals surface area contributed by atoms with Crippen LogP contribution in [0, 0.1) is 29.1 Å². The highest BCUT2D eigenvalue weighted by atomic mass is 16.4. The minimum Gasteiger partial charge on any atom is -0.481 e. The summed E-state index contributed by atoms with van der Waals surface area (Å²) >= 11 is 0. The first-order valence-electron chi connectivity index (χ1n) is 6.15. The third-order valence-electron chi connectivity index (χ3n) is 5.08. The molecule has 2 nitrogen and oxygen atoms in total. The fourth-order valence-electron chi connectivity index (χ4n) is 3.80. The molecule has 0 spiro atoms. The Bertz CT molecular complexity index is 268. The molecular formula is C13H22O2. The Morgan fingerprint density at radius 1 is 1.47 bits per heavy atom. The maximum absolute atomic E-state index is 10.9. The maximum Gasteiger partial charge on any atom is 0.306 e. The molecule has 3 rings (SSSR count). The molecule has 0 amide bonds. The molecule has 0 aliphatic heterocycles. The monoisotopic (exact) mass is 210 g/mol. The van der Waals surface area contributed by atoms with E-state index in [1.54, 1.807) is 0 Å². The predicted molar refractivity (Wildman–Crippen MR) is 59.5 cm³/mol. The van der Waals surface area contributed by atoms with Gasteiger partial charge in [-0.15, -0.1) is 0 Å². The first kappa shape index (κ1) is 11.0. The number of rotatable bonds is 3. The fourth-order valence-corrected chi connectivity index (χ4v) is 3.80. The number of carbonyl (C=O) groups is 1. The van der Waals surface area contributed by atoms with Crippen LogP contribution in [0.5, 0.6) is 0 Å². The number of hydrogen-bond acceptors (Lipinski definition) is 1. The molecule has 15 heavy (non-hydrogen) atoms. The molecule has 0 radical (unpaired) electrons. The number of aliphatic carboxylic acids is 1. The van der Waals surface area contributed by atoms with Gasteiger partial charge < -0.3 is 5.11 Å². The van der Waals surface area contributed by atoms with Gasteiger partial charge in [0.25, 0.3) is 0 Å². The largest absolute Gasteiger partial charge is 0.481 e. The van der Waals surface area contributed by atoms with Crippen LogP contribution in [0.3, 0.4) is 0 Å². The van der Waals surface area contributed by atoms with Gasteiger partial charge in [0.2, 0.25) is 0 Å². The average Bonchev–Trinajstić information content (AvgIpc) is 2.17. The zero-order chi connectivity index (χ0) is 11.2. The highest BCUT2D eigenvalue weighted by Gasteiger charge is 2.54. The fraction of sp³-hybridized carbons (Fsp3) is 0.923. The van der Waals surface area contributed by atoms with E-state index in [4.69, 9.17) is 5.11 Å². The van der Waals surface area contributed by atoms with Gasteiger partial charge in [0, 0.05) is 0 Å². The van der Waals surface area contributed by atoms with E-state index in [2.05, 4.69) is 13.8 Å². The van der Waals surface area contributed by atoms with Gasteiger partial charge in [0.15, 0.2) is 0 Å². The second kappa shape index (κ2) is 3.50. The Kier molecular flexibility index (Phi) is 2.56. The minimum atomic E-state index is -0.630. The summed E-state index contributed by atoms with van der Waals surface area (Å²) in [5.41, 5.74) is 0.487. The average molecular weight is 210 g/mol. The van der Waals surface area contributed by atoms with Crippen LogP contribution in [-0.2, 0) is 4.79 Å². The molecule has 0 aromatic rings. The maximum atomic E-state index is 10.9. The van der Waals surface area contributed by atoms with Gasteiger partial charge in [-0.3, -0.25) is 4.79 Å². The lowest BCUT2D eigenvalue weighted by Crippen LogP contribution is -2.52. The van der Waals surface area contributed by atoms with E-state index in [-0.39, 0.29) is 5.92 Å². The second-order valence-corrected chi connectivity index (χ2v) is 6.17. The van der Waals surface area contributed by atoms with Gasteiger partial charge in [-0.05, 0) is 48.9 Å². The number of carboxylic acids is 1. The molecular weight excluding hydrogens is 188 g/mol. The summed E-state index contributed by atoms with van der Waals surface area (Å²) in [5.74, 6) is 1.57. The van der Waals surface area contributed by atoms with Crippen molar-refractivity contribution in [2.45, 2.75) is 46.5 Å². The SMILES string of the molecule is CC(C[C@H]1CC[C@@H]2C[C@H]1C2(C)C)C(=O)O. The Hall–Kier alpha value is -0.530. The molecule has 0 aromatic heterocycles. The molecule has 3 aliphatic rings. The molecule has 2 heteroatoms. The van der Waals surface area contributed by atoms with E-state index < -0.39 is 5.97 Å². The van der Waals surface area contributed by atoms with Crippen LogP contribution in [-0.4, -0.2) is 11.1 Å². The van der Waals surface area contributed by atoms with Crippen molar-refractivity contribution >= 4 is 5.97 Å². The molecule has 4 atom stereocenters. The van der Waals surface area contributed by atoms with Crippen LogP contribution < -0.4 is 0 Å². The van der Waals surface area contributed by atoms with Crippen molar-refractivity contribution in [3.8, 4) is 0 Å². The van der Waals surface area contributed by atoms with Crippen molar-refractivity contribution in [3.63, 3.8) is 0 Å². The summed E-state index contributed by atoms with van der Waals surface area (Å²) in [6.45, 7) is 6.58. The minimum absolute atomic E-state index is 0.164. The van der Waals surface area contributed by atoms with E-state index in [9.17, 15) is 4.79 Å². The summed E-state index contributed by atoms with van der Waals surface area (Å²) in [6, 6.07) is 0. The van der Waals surface area contributed by atoms with E-state index in [1.165, 1.54) is 19.3 Å². The second-order valence-electron chi connectivity index (χ2n) is 6.17. The summed E-state index contributed by atoms with van der Waals surface area (Å²) < 4.78 is 0. The van der Waals surface area contributed by atoms with Gasteiger partial charge in [0.05, 0.1) is 5.92 Å². The van der Waals surface area contributed by atoms with E-state index in [0.717, 1.165) is 18.3 Å². The lowest BCUT2D eigenvalue weighted by molar-refractivity contribution is -0.145. The topological polar surface area (TPSA) is 37.3 Å².